The molecule has 0 amide bonds. The van der Waals surface area contributed by atoms with Gasteiger partial charge in [-0.3, -0.25) is 16.0 Å². The molecule has 0 aliphatic rings. The topological polar surface area (TPSA) is 68.8 Å². The molecule has 0 saturated heterocycles. The molecule has 20 heavy (non-hydrogen) atoms. The second kappa shape index (κ2) is 6.53. The van der Waals surface area contributed by atoms with Gasteiger partial charge in [0.1, 0.15) is 23.8 Å². The van der Waals surface area contributed by atoms with Crippen molar-refractivity contribution in [1.29, 1.82) is 0 Å². The maximum Gasteiger partial charge on any atom is 0.138 e. The number of rotatable bonds is 6. The van der Waals surface area contributed by atoms with Crippen LogP contribution in [0.1, 0.15) is 18.3 Å². The van der Waals surface area contributed by atoms with Crippen LogP contribution in [0.25, 0.3) is 0 Å². The van der Waals surface area contributed by atoms with E-state index in [0.717, 1.165) is 5.82 Å². The molecular weight excluding hydrogens is 264 g/mol. The average Bonchev–Trinajstić information content (AvgIpc) is 2.88. The second-order valence-corrected chi connectivity index (χ2v) is 4.46. The molecular formula is C13H17F2N5. The molecule has 1 heterocycles. The summed E-state index contributed by atoms with van der Waals surface area (Å²) in [5.41, 5.74) is 2.61. The quantitative estimate of drug-likeness (QED) is 0.616. The highest BCUT2D eigenvalue weighted by Crippen LogP contribution is 2.15. The van der Waals surface area contributed by atoms with Crippen molar-refractivity contribution in [3.05, 3.63) is 47.5 Å². The van der Waals surface area contributed by atoms with Crippen LogP contribution in [0.5, 0.6) is 0 Å². The Labute approximate surface area is 115 Å². The molecule has 1 atom stereocenters. The Balaban J connectivity index is 2.13. The van der Waals surface area contributed by atoms with Crippen molar-refractivity contribution in [3.63, 3.8) is 0 Å². The van der Waals surface area contributed by atoms with Gasteiger partial charge in [-0.15, -0.1) is 0 Å². The highest BCUT2D eigenvalue weighted by Gasteiger charge is 2.17. The summed E-state index contributed by atoms with van der Waals surface area (Å²) in [6.07, 6.45) is 2.04. The fourth-order valence-electron chi connectivity index (χ4n) is 2.09. The molecule has 2 rings (SSSR count). The number of aryl methyl sites for hydroxylation is 1. The summed E-state index contributed by atoms with van der Waals surface area (Å²) < 4.78 is 29.0. The van der Waals surface area contributed by atoms with E-state index in [1.165, 1.54) is 24.5 Å². The van der Waals surface area contributed by atoms with Crippen LogP contribution in [0, 0.1) is 11.6 Å². The highest BCUT2D eigenvalue weighted by atomic mass is 19.1. The predicted octanol–water partition coefficient (Wildman–Crippen LogP) is 1.19. The summed E-state index contributed by atoms with van der Waals surface area (Å²) in [6, 6.07) is 3.49. The molecule has 0 spiro atoms. The molecule has 0 saturated carbocycles. The van der Waals surface area contributed by atoms with Crippen LogP contribution in [0.2, 0.25) is 0 Å². The van der Waals surface area contributed by atoms with Gasteiger partial charge in [0.25, 0.3) is 0 Å². The SMILES string of the molecule is CCn1ncnc1CC(Cc1c(F)cccc1F)NN. The Hall–Kier alpha value is -1.86. The second-order valence-electron chi connectivity index (χ2n) is 4.46. The third-order valence-electron chi connectivity index (χ3n) is 3.17. The molecule has 0 fully saturated rings. The first-order valence-electron chi connectivity index (χ1n) is 6.41. The zero-order valence-electron chi connectivity index (χ0n) is 11.2. The van der Waals surface area contributed by atoms with Gasteiger partial charge in [-0.2, -0.15) is 5.10 Å². The van der Waals surface area contributed by atoms with Crippen molar-refractivity contribution in [2.75, 3.05) is 0 Å². The van der Waals surface area contributed by atoms with Crippen molar-refractivity contribution in [1.82, 2.24) is 20.2 Å². The normalized spacial score (nSPS) is 12.6. The van der Waals surface area contributed by atoms with Crippen molar-refractivity contribution in [3.8, 4) is 0 Å². The Bertz CT molecular complexity index is 549. The summed E-state index contributed by atoms with van der Waals surface area (Å²) in [5.74, 6) is 5.07. The van der Waals surface area contributed by atoms with Gasteiger partial charge in [-0.25, -0.2) is 13.8 Å². The molecule has 1 aromatic heterocycles. The lowest BCUT2D eigenvalue weighted by Gasteiger charge is -2.16. The molecule has 2 aromatic rings. The van der Waals surface area contributed by atoms with Crippen molar-refractivity contribution in [2.24, 2.45) is 5.84 Å². The van der Waals surface area contributed by atoms with E-state index in [1.807, 2.05) is 6.92 Å². The van der Waals surface area contributed by atoms with E-state index in [1.54, 1.807) is 4.68 Å². The number of nitrogens with one attached hydrogen (secondary N) is 1. The van der Waals surface area contributed by atoms with Crippen LogP contribution in [0.4, 0.5) is 8.78 Å². The van der Waals surface area contributed by atoms with Gasteiger partial charge in [-0.05, 0) is 25.5 Å². The van der Waals surface area contributed by atoms with Gasteiger partial charge in [0.15, 0.2) is 0 Å². The first-order chi connectivity index (χ1) is 9.65. The van der Waals surface area contributed by atoms with E-state index in [-0.39, 0.29) is 18.0 Å². The lowest BCUT2D eigenvalue weighted by Crippen LogP contribution is -2.39. The largest absolute Gasteiger partial charge is 0.271 e. The molecule has 0 aliphatic heterocycles. The zero-order valence-corrected chi connectivity index (χ0v) is 11.2. The number of hydrogen-bond donors (Lipinski definition) is 2. The molecule has 108 valence electrons. The number of aromatic nitrogens is 3. The number of nitrogens with two attached hydrogens (primary N) is 1. The molecule has 0 aliphatic carbocycles. The third-order valence-corrected chi connectivity index (χ3v) is 3.17. The van der Waals surface area contributed by atoms with Gasteiger partial charge in [-0.1, -0.05) is 6.07 Å². The van der Waals surface area contributed by atoms with E-state index in [9.17, 15) is 8.78 Å². The van der Waals surface area contributed by atoms with Crippen molar-refractivity contribution >= 4 is 0 Å². The minimum absolute atomic E-state index is 0.0259. The summed E-state index contributed by atoms with van der Waals surface area (Å²) in [5, 5.41) is 4.05. The number of nitrogens with zero attached hydrogens (tertiary/aromatic N) is 3. The Morgan fingerprint density at radius 2 is 2.00 bits per heavy atom. The monoisotopic (exact) mass is 281 g/mol. The molecule has 1 unspecified atom stereocenters. The predicted molar refractivity (Wildman–Crippen MR) is 70.6 cm³/mol. The van der Waals surface area contributed by atoms with Crippen LogP contribution in [0.3, 0.4) is 0 Å². The van der Waals surface area contributed by atoms with Gasteiger partial charge >= 0.3 is 0 Å². The minimum atomic E-state index is -0.567. The van der Waals surface area contributed by atoms with E-state index in [0.29, 0.717) is 13.0 Å². The lowest BCUT2D eigenvalue weighted by atomic mass is 10.0. The number of hydrogen-bond acceptors (Lipinski definition) is 4. The van der Waals surface area contributed by atoms with Crippen LogP contribution < -0.4 is 11.3 Å². The van der Waals surface area contributed by atoms with Gasteiger partial charge in [0.05, 0.1) is 0 Å². The standard InChI is InChI=1S/C13H17F2N5/c1-2-20-13(17-8-18-20)7-9(19-16)6-10-11(14)4-3-5-12(10)15/h3-5,8-9,19H,2,6-7,16H2,1H3. The molecule has 5 nitrogen and oxygen atoms in total. The molecule has 1 aromatic carbocycles. The fourth-order valence-corrected chi connectivity index (χ4v) is 2.09. The molecule has 0 bridgehead atoms. The highest BCUT2D eigenvalue weighted by molar-refractivity contribution is 5.21. The van der Waals surface area contributed by atoms with E-state index in [4.69, 9.17) is 5.84 Å². The Morgan fingerprint density at radius 1 is 1.30 bits per heavy atom. The smallest absolute Gasteiger partial charge is 0.138 e. The Kier molecular flexibility index (Phi) is 4.75. The van der Waals surface area contributed by atoms with Crippen LogP contribution in [-0.2, 0) is 19.4 Å². The van der Waals surface area contributed by atoms with Gasteiger partial charge in [0, 0.05) is 24.6 Å². The minimum Gasteiger partial charge on any atom is -0.271 e. The summed E-state index contributed by atoms with van der Waals surface area (Å²) in [6.45, 7) is 2.63. The maximum absolute atomic E-state index is 13.6. The number of halogens is 2. The van der Waals surface area contributed by atoms with Crippen LogP contribution in [0.15, 0.2) is 24.5 Å². The first-order valence-corrected chi connectivity index (χ1v) is 6.41. The van der Waals surface area contributed by atoms with Crippen LogP contribution in [-0.4, -0.2) is 20.8 Å². The van der Waals surface area contributed by atoms with E-state index >= 15 is 0 Å². The van der Waals surface area contributed by atoms with Gasteiger partial charge < -0.3 is 0 Å². The van der Waals surface area contributed by atoms with Gasteiger partial charge in [0.2, 0.25) is 0 Å². The number of benzene rings is 1. The fraction of sp³-hybridized carbons (Fsp3) is 0.385. The summed E-state index contributed by atoms with van der Waals surface area (Å²) in [7, 11) is 0. The first kappa shape index (κ1) is 14.5. The maximum atomic E-state index is 13.6. The van der Waals surface area contributed by atoms with Crippen molar-refractivity contribution in [2.45, 2.75) is 32.4 Å². The van der Waals surface area contributed by atoms with E-state index in [2.05, 4.69) is 15.5 Å². The van der Waals surface area contributed by atoms with Crippen LogP contribution >= 0.6 is 0 Å². The summed E-state index contributed by atoms with van der Waals surface area (Å²) in [4.78, 5) is 4.13. The Morgan fingerprint density at radius 3 is 2.60 bits per heavy atom. The molecule has 7 heteroatoms. The average molecular weight is 281 g/mol. The molecule has 0 radical (unpaired) electrons. The third kappa shape index (κ3) is 3.17. The van der Waals surface area contributed by atoms with Crippen molar-refractivity contribution < 1.29 is 8.78 Å². The molecule has 3 N–H and O–H groups in total. The lowest BCUT2D eigenvalue weighted by molar-refractivity contribution is 0.465. The summed E-state index contributed by atoms with van der Waals surface area (Å²) >= 11 is 0. The van der Waals surface area contributed by atoms with E-state index < -0.39 is 11.6 Å². The number of hydrazine groups is 1. The zero-order chi connectivity index (χ0) is 14.5.